The first-order chi connectivity index (χ1) is 15.1. The fraction of sp³-hybridized carbons (Fsp3) is 0.192. The number of benzene rings is 2. The van der Waals surface area contributed by atoms with Crippen LogP contribution in [0.3, 0.4) is 0 Å². The number of carbonyl (C=O) groups is 1. The fourth-order valence-electron chi connectivity index (χ4n) is 3.40. The Morgan fingerprint density at radius 2 is 1.52 bits per heavy atom. The molecule has 0 aliphatic carbocycles. The largest absolute Gasteiger partial charge is 0.352 e. The van der Waals surface area contributed by atoms with Crippen LogP contribution in [-0.2, 0) is 17.9 Å². The third kappa shape index (κ3) is 5.25. The summed E-state index contributed by atoms with van der Waals surface area (Å²) in [5, 5.41) is 3.01. The number of hydrogen-bond acceptors (Lipinski definition) is 3. The van der Waals surface area contributed by atoms with Crippen LogP contribution in [0.1, 0.15) is 23.1 Å². The van der Waals surface area contributed by atoms with Crippen LogP contribution in [0.4, 0.5) is 0 Å². The number of rotatable bonds is 7. The Morgan fingerprint density at radius 3 is 2.19 bits per heavy atom. The molecule has 0 bridgehead atoms. The second kappa shape index (κ2) is 9.39. The first-order valence-electron chi connectivity index (χ1n) is 10.5. The van der Waals surface area contributed by atoms with E-state index in [1.807, 2.05) is 30.5 Å². The summed E-state index contributed by atoms with van der Waals surface area (Å²) < 4.78 is 2.05. The number of imidazole rings is 1. The zero-order valence-corrected chi connectivity index (χ0v) is 17.9. The smallest absolute Gasteiger partial charge is 0.222 e. The maximum Gasteiger partial charge on any atom is 0.222 e. The highest BCUT2D eigenvalue weighted by Crippen LogP contribution is 2.25. The molecule has 0 saturated heterocycles. The van der Waals surface area contributed by atoms with E-state index in [0.717, 1.165) is 28.2 Å². The molecule has 4 rings (SSSR count). The molecule has 0 spiro atoms. The lowest BCUT2D eigenvalue weighted by Gasteiger charge is -2.09. The number of amides is 1. The lowest BCUT2D eigenvalue weighted by Crippen LogP contribution is -2.24. The van der Waals surface area contributed by atoms with E-state index in [2.05, 4.69) is 65.1 Å². The van der Waals surface area contributed by atoms with Crippen molar-refractivity contribution in [3.05, 3.63) is 95.9 Å². The maximum atomic E-state index is 12.5. The highest BCUT2D eigenvalue weighted by Gasteiger charge is 2.13. The summed E-state index contributed by atoms with van der Waals surface area (Å²) in [6, 6.07) is 20.4. The zero-order valence-electron chi connectivity index (χ0n) is 17.9. The van der Waals surface area contributed by atoms with Crippen molar-refractivity contribution in [1.82, 2.24) is 19.9 Å². The molecule has 0 fully saturated rings. The van der Waals surface area contributed by atoms with Gasteiger partial charge in [-0.25, -0.2) is 4.98 Å². The van der Waals surface area contributed by atoms with Gasteiger partial charge in [0.25, 0.3) is 0 Å². The Balaban J connectivity index is 1.49. The van der Waals surface area contributed by atoms with Gasteiger partial charge in [0.15, 0.2) is 0 Å². The monoisotopic (exact) mass is 410 g/mol. The molecule has 5 heteroatoms. The number of nitrogens with zero attached hydrogens (tertiary/aromatic N) is 3. The molecule has 5 nitrogen and oxygen atoms in total. The van der Waals surface area contributed by atoms with Crippen LogP contribution in [0.25, 0.3) is 22.6 Å². The second-order valence-corrected chi connectivity index (χ2v) is 7.76. The van der Waals surface area contributed by atoms with Crippen molar-refractivity contribution < 1.29 is 4.79 Å². The van der Waals surface area contributed by atoms with Crippen molar-refractivity contribution >= 4 is 5.91 Å². The molecule has 0 aliphatic rings. The number of pyridine rings is 1. The molecular formula is C26H26N4O. The van der Waals surface area contributed by atoms with Crippen molar-refractivity contribution in [2.45, 2.75) is 33.4 Å². The average molecular weight is 411 g/mol. The lowest BCUT2D eigenvalue weighted by molar-refractivity contribution is -0.121. The summed E-state index contributed by atoms with van der Waals surface area (Å²) in [6.45, 7) is 5.21. The number of hydrogen-bond donors (Lipinski definition) is 1. The maximum absolute atomic E-state index is 12.5. The first kappa shape index (κ1) is 20.5. The number of carbonyl (C=O) groups excluding carboxylic acids is 1. The molecule has 2 aromatic heterocycles. The van der Waals surface area contributed by atoms with Gasteiger partial charge >= 0.3 is 0 Å². The van der Waals surface area contributed by atoms with E-state index < -0.39 is 0 Å². The number of nitrogens with one attached hydrogen (secondary N) is 1. The Bertz CT molecular complexity index is 1150. The van der Waals surface area contributed by atoms with Crippen molar-refractivity contribution in [2.75, 3.05) is 0 Å². The topological polar surface area (TPSA) is 59.8 Å². The summed E-state index contributed by atoms with van der Waals surface area (Å²) >= 11 is 0. The molecule has 1 amide bonds. The molecule has 2 heterocycles. The van der Waals surface area contributed by atoms with Crippen molar-refractivity contribution in [1.29, 1.82) is 0 Å². The highest BCUT2D eigenvalue weighted by molar-refractivity contribution is 5.76. The molecule has 2 aromatic carbocycles. The van der Waals surface area contributed by atoms with Gasteiger partial charge in [-0.1, -0.05) is 59.7 Å². The van der Waals surface area contributed by atoms with Crippen molar-refractivity contribution in [2.24, 2.45) is 0 Å². The molecule has 1 N–H and O–H groups in total. The van der Waals surface area contributed by atoms with E-state index in [9.17, 15) is 4.79 Å². The van der Waals surface area contributed by atoms with Crippen LogP contribution in [0.5, 0.6) is 0 Å². The minimum atomic E-state index is 0.0202. The van der Waals surface area contributed by atoms with Crippen LogP contribution < -0.4 is 5.32 Å². The molecule has 0 atom stereocenters. The summed E-state index contributed by atoms with van der Waals surface area (Å²) in [4.78, 5) is 21.4. The summed E-state index contributed by atoms with van der Waals surface area (Å²) in [5.74, 6) is 0.858. The van der Waals surface area contributed by atoms with Crippen molar-refractivity contribution in [3.63, 3.8) is 0 Å². The quantitative estimate of drug-likeness (QED) is 0.470. The van der Waals surface area contributed by atoms with Gasteiger partial charge in [-0.05, 0) is 31.5 Å². The minimum absolute atomic E-state index is 0.0202. The molecule has 4 aromatic rings. The van der Waals surface area contributed by atoms with Gasteiger partial charge < -0.3 is 9.88 Å². The standard InChI is InChI=1S/C26H26N4O/c1-19-3-7-21(8-4-19)17-28-25(31)13-16-30-18-24(22-9-5-20(2)6-10-22)29-26(30)23-11-14-27-15-12-23/h3-12,14-15,18H,13,16-17H2,1-2H3,(H,28,31). The third-order valence-corrected chi connectivity index (χ3v) is 5.25. The molecule has 0 aliphatic heterocycles. The zero-order chi connectivity index (χ0) is 21.6. The average Bonchev–Trinajstić information content (AvgIpc) is 3.22. The van der Waals surface area contributed by atoms with Gasteiger partial charge in [0.1, 0.15) is 5.82 Å². The van der Waals surface area contributed by atoms with Crippen LogP contribution in [0, 0.1) is 13.8 Å². The molecule has 156 valence electrons. The Hall–Kier alpha value is -3.73. The van der Waals surface area contributed by atoms with Gasteiger partial charge in [0.05, 0.1) is 5.69 Å². The Kier molecular flexibility index (Phi) is 6.22. The van der Waals surface area contributed by atoms with Crippen LogP contribution in [-0.4, -0.2) is 20.4 Å². The van der Waals surface area contributed by atoms with Crippen LogP contribution in [0.2, 0.25) is 0 Å². The van der Waals surface area contributed by atoms with E-state index in [1.165, 1.54) is 11.1 Å². The normalized spacial score (nSPS) is 10.8. The molecular weight excluding hydrogens is 384 g/mol. The second-order valence-electron chi connectivity index (χ2n) is 7.76. The van der Waals surface area contributed by atoms with Gasteiger partial charge in [0.2, 0.25) is 5.91 Å². The Morgan fingerprint density at radius 1 is 0.871 bits per heavy atom. The lowest BCUT2D eigenvalue weighted by atomic mass is 10.1. The van der Waals surface area contributed by atoms with E-state index in [0.29, 0.717) is 19.5 Å². The van der Waals surface area contributed by atoms with Gasteiger partial charge in [0, 0.05) is 49.2 Å². The van der Waals surface area contributed by atoms with Crippen molar-refractivity contribution in [3.8, 4) is 22.6 Å². The molecule has 0 saturated carbocycles. The Labute approximate surface area is 182 Å². The van der Waals surface area contributed by atoms with Crippen LogP contribution in [0.15, 0.2) is 79.3 Å². The van der Waals surface area contributed by atoms with Gasteiger partial charge in [-0.15, -0.1) is 0 Å². The van der Waals surface area contributed by atoms with Gasteiger partial charge in [-0.2, -0.15) is 0 Å². The summed E-state index contributed by atoms with van der Waals surface area (Å²) in [7, 11) is 0. The van der Waals surface area contributed by atoms with Crippen LogP contribution >= 0.6 is 0 Å². The molecule has 0 radical (unpaired) electrons. The van der Waals surface area contributed by atoms with E-state index in [4.69, 9.17) is 4.98 Å². The highest BCUT2D eigenvalue weighted by atomic mass is 16.1. The number of aromatic nitrogens is 3. The number of aryl methyl sites for hydroxylation is 3. The van der Waals surface area contributed by atoms with E-state index in [-0.39, 0.29) is 5.91 Å². The SMILES string of the molecule is Cc1ccc(CNC(=O)CCn2cc(-c3ccc(C)cc3)nc2-c2ccncc2)cc1. The predicted molar refractivity (Wildman–Crippen MR) is 123 cm³/mol. The fourth-order valence-corrected chi connectivity index (χ4v) is 3.40. The summed E-state index contributed by atoms with van der Waals surface area (Å²) in [6.07, 6.45) is 5.92. The van der Waals surface area contributed by atoms with E-state index >= 15 is 0 Å². The van der Waals surface area contributed by atoms with E-state index in [1.54, 1.807) is 12.4 Å². The predicted octanol–water partition coefficient (Wildman–Crippen LogP) is 4.94. The van der Waals surface area contributed by atoms with Gasteiger partial charge in [-0.3, -0.25) is 9.78 Å². The summed E-state index contributed by atoms with van der Waals surface area (Å²) in [5.41, 5.74) is 6.45. The molecule has 31 heavy (non-hydrogen) atoms. The molecule has 0 unspecified atom stereocenters. The minimum Gasteiger partial charge on any atom is -0.352 e. The third-order valence-electron chi connectivity index (χ3n) is 5.25. The first-order valence-corrected chi connectivity index (χ1v) is 10.5.